The van der Waals surface area contributed by atoms with E-state index in [0.29, 0.717) is 34.3 Å². The second kappa shape index (κ2) is 8.97. The molecule has 4 rings (SSSR count). The molecule has 0 aliphatic carbocycles. The summed E-state index contributed by atoms with van der Waals surface area (Å²) in [5.41, 5.74) is 3.22. The lowest BCUT2D eigenvalue weighted by molar-refractivity contribution is -0.115. The lowest BCUT2D eigenvalue weighted by Gasteiger charge is -2.13. The Balaban J connectivity index is 1.45. The molecule has 0 bridgehead atoms. The Labute approximate surface area is 184 Å². The molecule has 0 atom stereocenters. The first-order valence-corrected chi connectivity index (χ1v) is 10.7. The topological polar surface area (TPSA) is 84.2 Å². The van der Waals surface area contributed by atoms with Crippen LogP contribution in [-0.2, 0) is 11.2 Å². The van der Waals surface area contributed by atoms with Gasteiger partial charge in [0.2, 0.25) is 11.8 Å². The van der Waals surface area contributed by atoms with Crippen molar-refractivity contribution in [1.29, 1.82) is 0 Å². The van der Waals surface area contributed by atoms with E-state index in [2.05, 4.69) is 15.6 Å². The third-order valence-electron chi connectivity index (χ3n) is 4.84. The third-order valence-corrected chi connectivity index (χ3v) is 5.70. The summed E-state index contributed by atoms with van der Waals surface area (Å²) < 4.78 is 5.71. The zero-order valence-electron chi connectivity index (χ0n) is 17.1. The molecule has 0 unspecified atom stereocenters. The second-order valence-electron chi connectivity index (χ2n) is 7.02. The number of nitrogens with zero attached hydrogens (tertiary/aromatic N) is 1. The van der Waals surface area contributed by atoms with Crippen molar-refractivity contribution in [1.82, 2.24) is 4.98 Å². The monoisotopic (exact) mass is 431 g/mol. The van der Waals surface area contributed by atoms with E-state index < -0.39 is 0 Å². The van der Waals surface area contributed by atoms with Gasteiger partial charge in [-0.3, -0.25) is 9.59 Å². The van der Waals surface area contributed by atoms with Gasteiger partial charge in [-0.25, -0.2) is 4.98 Å². The van der Waals surface area contributed by atoms with Gasteiger partial charge in [0.15, 0.2) is 0 Å². The van der Waals surface area contributed by atoms with Gasteiger partial charge in [0.05, 0.1) is 17.0 Å². The number of amides is 2. The molecule has 0 saturated heterocycles. The van der Waals surface area contributed by atoms with Crippen LogP contribution in [0.1, 0.15) is 27.4 Å². The highest BCUT2D eigenvalue weighted by atomic mass is 32.1. The van der Waals surface area contributed by atoms with Crippen LogP contribution in [-0.4, -0.2) is 16.8 Å². The van der Waals surface area contributed by atoms with Gasteiger partial charge in [0, 0.05) is 16.9 Å². The van der Waals surface area contributed by atoms with Crippen molar-refractivity contribution in [3.8, 4) is 10.8 Å². The van der Waals surface area contributed by atoms with Gasteiger partial charge in [0.25, 0.3) is 5.91 Å². The van der Waals surface area contributed by atoms with Crippen LogP contribution >= 0.6 is 11.3 Å². The number of hydrogen-bond donors (Lipinski definition) is 2. The predicted molar refractivity (Wildman–Crippen MR) is 122 cm³/mol. The highest BCUT2D eigenvalue weighted by Gasteiger charge is 2.17. The van der Waals surface area contributed by atoms with Gasteiger partial charge in [-0.05, 0) is 55.1 Å². The fraction of sp³-hybridized carbons (Fsp3) is 0.125. The molecule has 0 aliphatic rings. The van der Waals surface area contributed by atoms with E-state index in [0.717, 1.165) is 10.4 Å². The number of nitrogens with one attached hydrogen (secondary N) is 2. The van der Waals surface area contributed by atoms with E-state index in [-0.39, 0.29) is 18.2 Å². The minimum Gasteiger partial charge on any atom is -0.440 e. The average molecular weight is 432 g/mol. The van der Waals surface area contributed by atoms with Crippen LogP contribution in [0.15, 0.2) is 70.5 Å². The second-order valence-corrected chi connectivity index (χ2v) is 7.97. The van der Waals surface area contributed by atoms with Crippen molar-refractivity contribution in [3.05, 3.63) is 88.6 Å². The fourth-order valence-electron chi connectivity index (χ4n) is 3.13. The SMILES string of the molecule is Cc1oc(-c2cccs2)nc1CC(=O)Nc1cccc(NC(=O)c2ccccc2)c1C. The van der Waals surface area contributed by atoms with Gasteiger partial charge in [-0.15, -0.1) is 11.3 Å². The first-order valence-electron chi connectivity index (χ1n) is 9.77. The smallest absolute Gasteiger partial charge is 0.255 e. The van der Waals surface area contributed by atoms with Crippen LogP contribution in [0.25, 0.3) is 10.8 Å². The van der Waals surface area contributed by atoms with Gasteiger partial charge in [0.1, 0.15) is 5.76 Å². The maximum atomic E-state index is 12.7. The van der Waals surface area contributed by atoms with Crippen LogP contribution in [0.4, 0.5) is 11.4 Å². The van der Waals surface area contributed by atoms with E-state index in [4.69, 9.17) is 4.42 Å². The summed E-state index contributed by atoms with van der Waals surface area (Å²) in [5.74, 6) is 0.742. The average Bonchev–Trinajstić information content (AvgIpc) is 3.42. The molecule has 0 saturated carbocycles. The maximum Gasteiger partial charge on any atom is 0.255 e. The summed E-state index contributed by atoms with van der Waals surface area (Å²) in [6.45, 7) is 3.66. The minimum absolute atomic E-state index is 0.0980. The summed E-state index contributed by atoms with van der Waals surface area (Å²) >= 11 is 1.53. The normalized spacial score (nSPS) is 10.6. The minimum atomic E-state index is -0.205. The molecule has 2 heterocycles. The number of carbonyl (C=O) groups excluding carboxylic acids is 2. The zero-order valence-corrected chi connectivity index (χ0v) is 18.0. The van der Waals surface area contributed by atoms with Crippen LogP contribution in [0.3, 0.4) is 0 Å². The lowest BCUT2D eigenvalue weighted by atomic mass is 10.1. The largest absolute Gasteiger partial charge is 0.440 e. The van der Waals surface area contributed by atoms with Crippen molar-refractivity contribution < 1.29 is 14.0 Å². The number of aryl methyl sites for hydroxylation is 1. The molecular weight excluding hydrogens is 410 g/mol. The van der Waals surface area contributed by atoms with Crippen molar-refractivity contribution in [2.24, 2.45) is 0 Å². The summed E-state index contributed by atoms with van der Waals surface area (Å²) in [7, 11) is 0. The van der Waals surface area contributed by atoms with Crippen LogP contribution in [0, 0.1) is 13.8 Å². The van der Waals surface area contributed by atoms with E-state index >= 15 is 0 Å². The number of hydrogen-bond acceptors (Lipinski definition) is 5. The zero-order chi connectivity index (χ0) is 21.8. The maximum absolute atomic E-state index is 12.7. The van der Waals surface area contributed by atoms with Crippen LogP contribution < -0.4 is 10.6 Å². The molecule has 7 heteroatoms. The van der Waals surface area contributed by atoms with Crippen molar-refractivity contribution in [2.45, 2.75) is 20.3 Å². The number of anilines is 2. The molecule has 2 amide bonds. The Morgan fingerprint density at radius 3 is 2.39 bits per heavy atom. The molecule has 6 nitrogen and oxygen atoms in total. The van der Waals surface area contributed by atoms with E-state index in [1.165, 1.54) is 11.3 Å². The Morgan fingerprint density at radius 1 is 0.935 bits per heavy atom. The number of aromatic nitrogens is 1. The Kier molecular flexibility index (Phi) is 5.95. The van der Waals surface area contributed by atoms with Crippen molar-refractivity contribution >= 4 is 34.5 Å². The molecule has 2 aromatic heterocycles. The first-order chi connectivity index (χ1) is 15.0. The molecular formula is C24H21N3O3S. The van der Waals surface area contributed by atoms with E-state index in [1.807, 2.05) is 42.6 Å². The quantitative estimate of drug-likeness (QED) is 0.425. The van der Waals surface area contributed by atoms with Gasteiger partial charge < -0.3 is 15.1 Å². The Bertz CT molecular complexity index is 1210. The number of thiophene rings is 1. The molecule has 0 radical (unpaired) electrons. The Morgan fingerprint density at radius 2 is 1.68 bits per heavy atom. The fourth-order valence-corrected chi connectivity index (χ4v) is 3.78. The first kappa shape index (κ1) is 20.6. The Hall–Kier alpha value is -3.71. The number of rotatable bonds is 6. The molecule has 2 aromatic carbocycles. The molecule has 2 N–H and O–H groups in total. The molecule has 0 spiro atoms. The number of carbonyl (C=O) groups is 2. The van der Waals surface area contributed by atoms with Crippen LogP contribution in [0.5, 0.6) is 0 Å². The van der Waals surface area contributed by atoms with Gasteiger partial charge in [-0.2, -0.15) is 0 Å². The molecule has 156 valence electrons. The van der Waals surface area contributed by atoms with Crippen molar-refractivity contribution in [3.63, 3.8) is 0 Å². The highest BCUT2D eigenvalue weighted by Crippen LogP contribution is 2.27. The standard InChI is InChI=1S/C24H21N3O3S/c1-15-18(10-6-11-19(15)26-23(29)17-8-4-3-5-9-17)25-22(28)14-20-16(2)30-24(27-20)21-12-7-13-31-21/h3-13H,14H2,1-2H3,(H,25,28)(H,26,29). The summed E-state index contributed by atoms with van der Waals surface area (Å²) in [5, 5.41) is 7.77. The van der Waals surface area contributed by atoms with Gasteiger partial charge >= 0.3 is 0 Å². The molecule has 0 aliphatic heterocycles. The van der Waals surface area contributed by atoms with Gasteiger partial charge in [-0.1, -0.05) is 30.3 Å². The summed E-state index contributed by atoms with van der Waals surface area (Å²) in [4.78, 5) is 30.5. The van der Waals surface area contributed by atoms with E-state index in [9.17, 15) is 9.59 Å². The third kappa shape index (κ3) is 4.73. The predicted octanol–water partition coefficient (Wildman–Crippen LogP) is 5.45. The molecule has 0 fully saturated rings. The highest BCUT2D eigenvalue weighted by molar-refractivity contribution is 7.13. The summed E-state index contributed by atoms with van der Waals surface area (Å²) in [6, 6.07) is 18.2. The molecule has 4 aromatic rings. The van der Waals surface area contributed by atoms with Crippen molar-refractivity contribution in [2.75, 3.05) is 10.6 Å². The number of benzene rings is 2. The van der Waals surface area contributed by atoms with Crippen LogP contribution in [0.2, 0.25) is 0 Å². The lowest BCUT2D eigenvalue weighted by Crippen LogP contribution is -2.17. The summed E-state index contributed by atoms with van der Waals surface area (Å²) in [6.07, 6.45) is 0.0980. The van der Waals surface area contributed by atoms with E-state index in [1.54, 1.807) is 37.3 Å². The number of oxazole rings is 1. The molecule has 31 heavy (non-hydrogen) atoms.